The maximum Gasteiger partial charge on any atom is 0.445 e. The van der Waals surface area contributed by atoms with Gasteiger partial charge in [-0.25, -0.2) is 0 Å². The Balaban J connectivity index is 1.72. The van der Waals surface area contributed by atoms with Gasteiger partial charge in [0.1, 0.15) is 5.56 Å². The number of halogens is 3. The molecule has 13 heteroatoms. The monoisotopic (exact) mass is 443 g/mol. The molecule has 2 aromatic heterocycles. The Morgan fingerprint density at radius 3 is 2.55 bits per heavy atom. The minimum Gasteiger partial charge on any atom is -0.493 e. The standard InChI is InChI=1S/C16H12F3N5O3S2/c1-7(10(25)20-15-24-23-13(29-15)16(17,18)19)28-14-21-11(26)9(12(27)22-14)8-5-3-2-4-6-8/h2-7H,1H3,(H,20,24,25)(H2,21,22,26,27). The van der Waals surface area contributed by atoms with Crippen LogP contribution in [-0.4, -0.2) is 36.4 Å². The lowest BCUT2D eigenvalue weighted by atomic mass is 10.1. The molecular formula is C16H12F3N5O3S2. The SMILES string of the molecule is CC(Sc1nc(O)c(-c2ccccc2)c(=O)[nH]1)C(=O)Nc1nnc(C(F)(F)F)s1. The molecule has 3 rings (SSSR count). The normalized spacial score (nSPS) is 12.6. The number of aromatic amines is 1. The van der Waals surface area contributed by atoms with Gasteiger partial charge in [0.05, 0.1) is 5.25 Å². The van der Waals surface area contributed by atoms with Gasteiger partial charge in [-0.1, -0.05) is 53.4 Å². The smallest absolute Gasteiger partial charge is 0.445 e. The largest absolute Gasteiger partial charge is 0.493 e. The Kier molecular flexibility index (Phi) is 5.88. The van der Waals surface area contributed by atoms with Crippen LogP contribution in [0.5, 0.6) is 5.88 Å². The molecule has 2 heterocycles. The second-order valence-corrected chi connectivity index (χ2v) is 7.90. The van der Waals surface area contributed by atoms with Crippen molar-refractivity contribution >= 4 is 34.1 Å². The first-order chi connectivity index (χ1) is 13.6. The van der Waals surface area contributed by atoms with Crippen LogP contribution < -0.4 is 10.9 Å². The summed E-state index contributed by atoms with van der Waals surface area (Å²) in [6, 6.07) is 8.41. The Labute approximate surface area is 169 Å². The Bertz CT molecular complexity index is 1090. The molecule has 0 aliphatic heterocycles. The highest BCUT2D eigenvalue weighted by molar-refractivity contribution is 8.00. The van der Waals surface area contributed by atoms with Gasteiger partial charge in [0.2, 0.25) is 21.9 Å². The molecule has 1 unspecified atom stereocenters. The van der Waals surface area contributed by atoms with Crippen molar-refractivity contribution in [3.8, 4) is 17.0 Å². The highest BCUT2D eigenvalue weighted by Crippen LogP contribution is 2.33. The van der Waals surface area contributed by atoms with Crippen LogP contribution in [0.2, 0.25) is 0 Å². The van der Waals surface area contributed by atoms with E-state index in [9.17, 15) is 27.9 Å². The fourth-order valence-electron chi connectivity index (χ4n) is 2.18. The van der Waals surface area contributed by atoms with Gasteiger partial charge >= 0.3 is 6.18 Å². The molecular weight excluding hydrogens is 431 g/mol. The molecule has 0 saturated carbocycles. The molecule has 0 radical (unpaired) electrons. The lowest BCUT2D eigenvalue weighted by Crippen LogP contribution is -2.23. The van der Waals surface area contributed by atoms with Gasteiger partial charge in [-0.3, -0.25) is 14.9 Å². The highest BCUT2D eigenvalue weighted by atomic mass is 32.2. The number of anilines is 1. The summed E-state index contributed by atoms with van der Waals surface area (Å²) in [5.41, 5.74) is -0.142. The van der Waals surface area contributed by atoms with Crippen LogP contribution in [0.1, 0.15) is 11.9 Å². The molecule has 3 aromatic rings. The second-order valence-electron chi connectivity index (χ2n) is 5.60. The van der Waals surface area contributed by atoms with Crippen molar-refractivity contribution in [3.05, 3.63) is 45.7 Å². The molecule has 1 amide bonds. The van der Waals surface area contributed by atoms with Crippen LogP contribution in [0.25, 0.3) is 11.1 Å². The highest BCUT2D eigenvalue weighted by Gasteiger charge is 2.36. The van der Waals surface area contributed by atoms with Crippen LogP contribution in [0.3, 0.4) is 0 Å². The van der Waals surface area contributed by atoms with Gasteiger partial charge in [0.15, 0.2) is 5.16 Å². The maximum absolute atomic E-state index is 12.5. The topological polar surface area (TPSA) is 121 Å². The van der Waals surface area contributed by atoms with E-state index in [0.29, 0.717) is 5.56 Å². The van der Waals surface area contributed by atoms with Crippen LogP contribution in [0.4, 0.5) is 18.3 Å². The fraction of sp³-hybridized carbons (Fsp3) is 0.188. The minimum atomic E-state index is -4.65. The van der Waals surface area contributed by atoms with Crippen molar-refractivity contribution in [2.24, 2.45) is 0 Å². The van der Waals surface area contributed by atoms with E-state index in [-0.39, 0.29) is 27.2 Å². The number of carbonyl (C=O) groups excluding carboxylic acids is 1. The number of aromatic hydroxyl groups is 1. The Morgan fingerprint density at radius 2 is 1.97 bits per heavy atom. The number of aromatic nitrogens is 4. The van der Waals surface area contributed by atoms with Crippen molar-refractivity contribution in [1.82, 2.24) is 20.2 Å². The van der Waals surface area contributed by atoms with Crippen molar-refractivity contribution in [1.29, 1.82) is 0 Å². The van der Waals surface area contributed by atoms with E-state index >= 15 is 0 Å². The summed E-state index contributed by atoms with van der Waals surface area (Å²) in [6.07, 6.45) is -4.65. The predicted molar refractivity (Wildman–Crippen MR) is 101 cm³/mol. The van der Waals surface area contributed by atoms with E-state index < -0.39 is 33.8 Å². The number of alkyl halides is 3. The zero-order chi connectivity index (χ0) is 21.2. The Hall–Kier alpha value is -2.93. The lowest BCUT2D eigenvalue weighted by molar-refractivity contribution is -0.138. The number of amides is 1. The first kappa shape index (κ1) is 20.8. The molecule has 1 aromatic carbocycles. The molecule has 3 N–H and O–H groups in total. The van der Waals surface area contributed by atoms with E-state index in [1.54, 1.807) is 30.3 Å². The summed E-state index contributed by atoms with van der Waals surface area (Å²) in [4.78, 5) is 30.8. The van der Waals surface area contributed by atoms with Crippen molar-refractivity contribution in [3.63, 3.8) is 0 Å². The first-order valence-corrected chi connectivity index (χ1v) is 9.61. The van der Waals surface area contributed by atoms with Crippen molar-refractivity contribution in [2.75, 3.05) is 5.32 Å². The summed E-state index contributed by atoms with van der Waals surface area (Å²) in [6.45, 7) is 1.45. The first-order valence-electron chi connectivity index (χ1n) is 7.92. The number of H-pyrrole nitrogens is 1. The van der Waals surface area contributed by atoms with E-state index in [4.69, 9.17) is 0 Å². The molecule has 152 valence electrons. The summed E-state index contributed by atoms with van der Waals surface area (Å²) in [5, 5.41) is 16.2. The molecule has 0 aliphatic carbocycles. The third kappa shape index (κ3) is 4.92. The van der Waals surface area contributed by atoms with Gasteiger partial charge in [-0.2, -0.15) is 18.2 Å². The Morgan fingerprint density at radius 1 is 1.28 bits per heavy atom. The second kappa shape index (κ2) is 8.21. The van der Waals surface area contributed by atoms with E-state index in [2.05, 4.69) is 25.5 Å². The summed E-state index contributed by atoms with van der Waals surface area (Å²) < 4.78 is 37.6. The average Bonchev–Trinajstić information content (AvgIpc) is 3.11. The zero-order valence-corrected chi connectivity index (χ0v) is 16.2. The average molecular weight is 443 g/mol. The molecule has 0 spiro atoms. The van der Waals surface area contributed by atoms with Crippen molar-refractivity contribution < 1.29 is 23.1 Å². The van der Waals surface area contributed by atoms with Gasteiger partial charge in [0.25, 0.3) is 5.56 Å². The molecule has 0 saturated heterocycles. The zero-order valence-electron chi connectivity index (χ0n) is 14.5. The third-order valence-electron chi connectivity index (χ3n) is 3.50. The number of carbonyl (C=O) groups is 1. The van der Waals surface area contributed by atoms with Crippen LogP contribution in [0, 0.1) is 0 Å². The number of nitrogens with one attached hydrogen (secondary N) is 2. The lowest BCUT2D eigenvalue weighted by Gasteiger charge is -2.10. The van der Waals surface area contributed by atoms with Gasteiger partial charge < -0.3 is 10.1 Å². The quantitative estimate of drug-likeness (QED) is 0.409. The number of thioether (sulfide) groups is 1. The molecule has 29 heavy (non-hydrogen) atoms. The third-order valence-corrected chi connectivity index (χ3v) is 5.36. The van der Waals surface area contributed by atoms with Crippen LogP contribution in [-0.2, 0) is 11.0 Å². The fourth-order valence-corrected chi connectivity index (χ4v) is 3.58. The number of hydrogen-bond donors (Lipinski definition) is 3. The van der Waals surface area contributed by atoms with E-state index in [1.165, 1.54) is 6.92 Å². The predicted octanol–water partition coefficient (Wildman–Crippen LogP) is 3.13. The minimum absolute atomic E-state index is 0.0133. The summed E-state index contributed by atoms with van der Waals surface area (Å²) in [5.74, 6) is -1.18. The van der Waals surface area contributed by atoms with Gasteiger partial charge in [0, 0.05) is 0 Å². The number of nitrogens with zero attached hydrogens (tertiary/aromatic N) is 3. The van der Waals surface area contributed by atoms with Crippen LogP contribution in [0.15, 0.2) is 40.3 Å². The van der Waals surface area contributed by atoms with Gasteiger partial charge in [-0.15, -0.1) is 10.2 Å². The van der Waals surface area contributed by atoms with Crippen molar-refractivity contribution in [2.45, 2.75) is 23.5 Å². The maximum atomic E-state index is 12.5. The van der Waals surface area contributed by atoms with E-state index in [1.807, 2.05) is 0 Å². The number of hydrogen-bond acceptors (Lipinski definition) is 8. The molecule has 0 fully saturated rings. The number of benzene rings is 1. The van der Waals surface area contributed by atoms with E-state index in [0.717, 1.165) is 11.8 Å². The number of rotatable bonds is 5. The molecule has 1 atom stereocenters. The molecule has 0 aliphatic rings. The molecule has 8 nitrogen and oxygen atoms in total. The van der Waals surface area contributed by atoms with Gasteiger partial charge in [-0.05, 0) is 12.5 Å². The summed E-state index contributed by atoms with van der Waals surface area (Å²) >= 11 is 1.01. The summed E-state index contributed by atoms with van der Waals surface area (Å²) in [7, 11) is 0. The molecule has 0 bridgehead atoms. The van der Waals surface area contributed by atoms with Crippen LogP contribution >= 0.6 is 23.1 Å².